The highest BCUT2D eigenvalue weighted by atomic mass is 16.6. The number of nitrogens with one attached hydrogen (secondary N) is 1. The van der Waals surface area contributed by atoms with Crippen molar-refractivity contribution >= 4 is 12.0 Å². The molecule has 6 heteroatoms. The van der Waals surface area contributed by atoms with Gasteiger partial charge in [-0.15, -0.1) is 0 Å². The highest BCUT2D eigenvalue weighted by Gasteiger charge is 2.45. The number of fused-ring (bicyclic) bond motifs is 1. The molecule has 1 aliphatic carbocycles. The van der Waals surface area contributed by atoms with Crippen LogP contribution in [0.25, 0.3) is 0 Å². The molecule has 0 spiro atoms. The van der Waals surface area contributed by atoms with Gasteiger partial charge < -0.3 is 19.4 Å². The third-order valence-electron chi connectivity index (χ3n) is 4.58. The summed E-state index contributed by atoms with van der Waals surface area (Å²) in [6.45, 7) is 6.94. The van der Waals surface area contributed by atoms with E-state index < -0.39 is 5.60 Å². The summed E-state index contributed by atoms with van der Waals surface area (Å²) in [4.78, 5) is 26.2. The van der Waals surface area contributed by atoms with E-state index in [1.54, 1.807) is 12.1 Å². The fourth-order valence-electron chi connectivity index (χ4n) is 3.63. The van der Waals surface area contributed by atoms with E-state index in [9.17, 15) is 9.59 Å². The molecule has 1 N–H and O–H groups in total. The van der Waals surface area contributed by atoms with Gasteiger partial charge in [0.1, 0.15) is 5.60 Å². The van der Waals surface area contributed by atoms with Crippen LogP contribution in [0.5, 0.6) is 0 Å². The van der Waals surface area contributed by atoms with E-state index in [-0.39, 0.29) is 18.0 Å². The molecule has 6 nitrogen and oxygen atoms in total. The molecule has 126 valence electrons. The smallest absolute Gasteiger partial charge is 0.407 e. The summed E-state index contributed by atoms with van der Waals surface area (Å²) in [5, 5.41) is 2.98. The van der Waals surface area contributed by atoms with Gasteiger partial charge in [-0.2, -0.15) is 0 Å². The number of nitrogens with zero attached hydrogens (tertiary/aromatic N) is 1. The van der Waals surface area contributed by atoms with Crippen molar-refractivity contribution in [3.8, 4) is 0 Å². The van der Waals surface area contributed by atoms with E-state index in [1.165, 1.54) is 6.26 Å². The topological polar surface area (TPSA) is 71.8 Å². The van der Waals surface area contributed by atoms with Crippen molar-refractivity contribution in [1.82, 2.24) is 10.2 Å². The summed E-state index contributed by atoms with van der Waals surface area (Å²) in [5.74, 6) is 1.04. The van der Waals surface area contributed by atoms with Gasteiger partial charge in [0.2, 0.25) is 0 Å². The Kier molecular flexibility index (Phi) is 4.08. The Morgan fingerprint density at radius 1 is 1.30 bits per heavy atom. The molecule has 1 aromatic heterocycles. The Morgan fingerprint density at radius 2 is 2.09 bits per heavy atom. The van der Waals surface area contributed by atoms with Crippen LogP contribution in [-0.2, 0) is 4.74 Å². The number of carbonyl (C=O) groups is 2. The van der Waals surface area contributed by atoms with Crippen molar-refractivity contribution in [2.75, 3.05) is 13.1 Å². The van der Waals surface area contributed by atoms with Crippen molar-refractivity contribution < 1.29 is 18.7 Å². The third-order valence-corrected chi connectivity index (χ3v) is 4.58. The highest BCUT2D eigenvalue weighted by molar-refractivity contribution is 5.91. The zero-order valence-electron chi connectivity index (χ0n) is 13.9. The highest BCUT2D eigenvalue weighted by Crippen LogP contribution is 2.38. The molecule has 2 heterocycles. The van der Waals surface area contributed by atoms with Gasteiger partial charge >= 0.3 is 6.09 Å². The van der Waals surface area contributed by atoms with E-state index in [4.69, 9.17) is 9.15 Å². The zero-order valence-corrected chi connectivity index (χ0v) is 13.9. The molecule has 1 aromatic rings. The SMILES string of the molecule is CC(C)(C)OC(=O)NC1CCC2CN(C(=O)c3ccco3)CC21. The average molecular weight is 320 g/mol. The maximum atomic E-state index is 12.4. The first-order valence-electron chi connectivity index (χ1n) is 8.16. The van der Waals surface area contributed by atoms with Crippen LogP contribution in [0.15, 0.2) is 22.8 Å². The minimum Gasteiger partial charge on any atom is -0.459 e. The molecule has 2 amide bonds. The van der Waals surface area contributed by atoms with Crippen LogP contribution >= 0.6 is 0 Å². The molecule has 2 aliphatic rings. The molecule has 3 atom stereocenters. The summed E-state index contributed by atoms with van der Waals surface area (Å²) in [7, 11) is 0. The van der Waals surface area contributed by atoms with Gasteiger partial charge in [-0.3, -0.25) is 4.79 Å². The van der Waals surface area contributed by atoms with Crippen molar-refractivity contribution in [1.29, 1.82) is 0 Å². The maximum absolute atomic E-state index is 12.4. The fourth-order valence-corrected chi connectivity index (χ4v) is 3.63. The molecule has 0 aromatic carbocycles. The third kappa shape index (κ3) is 3.51. The number of alkyl carbamates (subject to hydrolysis) is 1. The number of hydrogen-bond acceptors (Lipinski definition) is 4. The Hall–Kier alpha value is -1.98. The first kappa shape index (κ1) is 15.9. The van der Waals surface area contributed by atoms with Gasteiger partial charge in [0.25, 0.3) is 5.91 Å². The molecule has 3 unspecified atom stereocenters. The Bertz CT molecular complexity index is 576. The molecule has 0 bridgehead atoms. The summed E-state index contributed by atoms with van der Waals surface area (Å²) < 4.78 is 10.5. The molecule has 0 radical (unpaired) electrons. The number of rotatable bonds is 2. The Balaban J connectivity index is 1.59. The van der Waals surface area contributed by atoms with Crippen molar-refractivity contribution in [2.24, 2.45) is 11.8 Å². The fraction of sp³-hybridized carbons (Fsp3) is 0.647. The molecule has 23 heavy (non-hydrogen) atoms. The van der Waals surface area contributed by atoms with Gasteiger partial charge in [0.05, 0.1) is 6.26 Å². The first-order valence-corrected chi connectivity index (χ1v) is 8.16. The molecular weight excluding hydrogens is 296 g/mol. The molecular formula is C17H24N2O4. The van der Waals surface area contributed by atoms with Crippen LogP contribution in [0, 0.1) is 11.8 Å². The quantitative estimate of drug-likeness (QED) is 0.909. The lowest BCUT2D eigenvalue weighted by molar-refractivity contribution is 0.0491. The van der Waals surface area contributed by atoms with E-state index in [0.29, 0.717) is 24.1 Å². The van der Waals surface area contributed by atoms with Crippen LogP contribution in [0.4, 0.5) is 4.79 Å². The molecule has 2 fully saturated rings. The predicted octanol–water partition coefficient (Wildman–Crippen LogP) is 2.65. The van der Waals surface area contributed by atoms with Crippen molar-refractivity contribution in [3.05, 3.63) is 24.2 Å². The van der Waals surface area contributed by atoms with Gasteiger partial charge in [-0.1, -0.05) is 0 Å². The monoisotopic (exact) mass is 320 g/mol. The second-order valence-corrected chi connectivity index (χ2v) is 7.44. The first-order chi connectivity index (χ1) is 10.8. The average Bonchev–Trinajstić information content (AvgIpc) is 3.13. The second kappa shape index (κ2) is 5.91. The predicted molar refractivity (Wildman–Crippen MR) is 84.0 cm³/mol. The van der Waals surface area contributed by atoms with Gasteiger partial charge in [-0.25, -0.2) is 4.79 Å². The zero-order chi connectivity index (χ0) is 16.6. The Labute approximate surface area is 136 Å². The Morgan fingerprint density at radius 3 is 2.74 bits per heavy atom. The number of carbonyl (C=O) groups excluding carboxylic acids is 2. The largest absolute Gasteiger partial charge is 0.459 e. The maximum Gasteiger partial charge on any atom is 0.407 e. The summed E-state index contributed by atoms with van der Waals surface area (Å²) in [6, 6.07) is 3.48. The summed E-state index contributed by atoms with van der Waals surface area (Å²) in [6.07, 6.45) is 3.10. The number of ether oxygens (including phenoxy) is 1. The van der Waals surface area contributed by atoms with Crippen molar-refractivity contribution in [3.63, 3.8) is 0 Å². The lowest BCUT2D eigenvalue weighted by Crippen LogP contribution is -2.42. The van der Waals surface area contributed by atoms with Gasteiger partial charge in [0.15, 0.2) is 5.76 Å². The second-order valence-electron chi connectivity index (χ2n) is 7.44. The lowest BCUT2D eigenvalue weighted by Gasteiger charge is -2.24. The molecule has 3 rings (SSSR count). The van der Waals surface area contributed by atoms with E-state index in [0.717, 1.165) is 19.4 Å². The minimum absolute atomic E-state index is 0.0691. The normalized spacial score (nSPS) is 26.9. The number of amides is 2. The summed E-state index contributed by atoms with van der Waals surface area (Å²) in [5.41, 5.74) is -0.501. The number of furan rings is 1. The lowest BCUT2D eigenvalue weighted by atomic mass is 9.98. The van der Waals surface area contributed by atoms with Crippen LogP contribution in [0.3, 0.4) is 0 Å². The van der Waals surface area contributed by atoms with E-state index >= 15 is 0 Å². The number of likely N-dealkylation sites (tertiary alicyclic amines) is 1. The van der Waals surface area contributed by atoms with E-state index in [2.05, 4.69) is 5.32 Å². The van der Waals surface area contributed by atoms with Crippen LogP contribution in [0.2, 0.25) is 0 Å². The van der Waals surface area contributed by atoms with Gasteiger partial charge in [0, 0.05) is 25.0 Å². The molecule has 1 aliphatic heterocycles. The molecule has 1 saturated carbocycles. The summed E-state index contributed by atoms with van der Waals surface area (Å²) >= 11 is 0. The van der Waals surface area contributed by atoms with Crippen LogP contribution in [0.1, 0.15) is 44.2 Å². The minimum atomic E-state index is -0.501. The van der Waals surface area contributed by atoms with Crippen LogP contribution in [-0.4, -0.2) is 41.6 Å². The van der Waals surface area contributed by atoms with E-state index in [1.807, 2.05) is 25.7 Å². The van der Waals surface area contributed by atoms with Crippen LogP contribution < -0.4 is 5.32 Å². The van der Waals surface area contributed by atoms with Gasteiger partial charge in [-0.05, 0) is 51.7 Å². The standard InChI is InChI=1S/C17H24N2O4/c1-17(2,3)23-16(21)18-13-7-6-11-9-19(10-12(11)13)15(20)14-5-4-8-22-14/h4-5,8,11-13H,6-7,9-10H2,1-3H3,(H,18,21). The van der Waals surface area contributed by atoms with Crippen molar-refractivity contribution in [2.45, 2.75) is 45.3 Å². The number of hydrogen-bond donors (Lipinski definition) is 1. The molecule has 1 saturated heterocycles.